The van der Waals surface area contributed by atoms with Gasteiger partial charge in [-0.1, -0.05) is 56.7 Å². The van der Waals surface area contributed by atoms with E-state index in [4.69, 9.17) is 0 Å². The molecule has 6 aliphatic heterocycles. The first-order valence-electron chi connectivity index (χ1n) is 15.5. The summed E-state index contributed by atoms with van der Waals surface area (Å²) in [6, 6.07) is 23.2. The second-order valence-corrected chi connectivity index (χ2v) is 13.9. The standard InChI is InChI=1S/C39H34N4/c1-22-7-9-26(10-8-22)36-30-13-12-28-20-34-38(5,6)21-29-19-27-11-14-32-37(35-24(3)17-23(2)18-25(35)4)33-16-15-31(36)43(33)39(40(27)32,41(28)30)42(29)34/h7-20H,21H2,1-6H3/q+2/t39-/m0/s1. The van der Waals surface area contributed by atoms with Gasteiger partial charge >= 0.3 is 5.91 Å². The van der Waals surface area contributed by atoms with Gasteiger partial charge in [0.25, 0.3) is 0 Å². The fraction of sp³-hybridized carbons (Fsp3) is 0.231. The molecular formula is C39H34N4+2. The minimum atomic E-state index is -0.595. The number of hydrogen-bond acceptors (Lipinski definition) is 0. The Bertz CT molecular complexity index is 2330. The lowest BCUT2D eigenvalue weighted by Gasteiger charge is -2.40. The third kappa shape index (κ3) is 2.54. The minimum absolute atomic E-state index is 0.0308. The van der Waals surface area contributed by atoms with E-state index in [0.29, 0.717) is 0 Å². The highest BCUT2D eigenvalue weighted by molar-refractivity contribution is 6.28. The summed E-state index contributed by atoms with van der Waals surface area (Å²) in [5.74, 6) is -0.595. The van der Waals surface area contributed by atoms with E-state index in [1.807, 2.05) is 0 Å². The second kappa shape index (κ2) is 7.26. The van der Waals surface area contributed by atoms with E-state index in [1.54, 1.807) is 0 Å². The molecule has 6 aliphatic rings. The van der Waals surface area contributed by atoms with E-state index in [2.05, 4.69) is 145 Å². The summed E-state index contributed by atoms with van der Waals surface area (Å²) in [7, 11) is 0. The summed E-state index contributed by atoms with van der Waals surface area (Å²) in [4.78, 5) is 0. The van der Waals surface area contributed by atoms with Gasteiger partial charge in [0.1, 0.15) is 0 Å². The van der Waals surface area contributed by atoms with Gasteiger partial charge in [0.2, 0.25) is 17.1 Å². The van der Waals surface area contributed by atoms with Crippen LogP contribution in [0.1, 0.15) is 65.0 Å². The maximum absolute atomic E-state index is 2.69. The highest BCUT2D eigenvalue weighted by atomic mass is 15.6. The first-order valence-corrected chi connectivity index (χ1v) is 15.5. The first-order chi connectivity index (χ1) is 20.7. The summed E-state index contributed by atoms with van der Waals surface area (Å²) < 4.78 is 10.7. The molecule has 0 bridgehead atoms. The van der Waals surface area contributed by atoms with Crippen molar-refractivity contribution in [3.8, 4) is 0 Å². The van der Waals surface area contributed by atoms with Gasteiger partial charge in [-0.15, -0.1) is 0 Å². The zero-order chi connectivity index (χ0) is 29.2. The lowest BCUT2D eigenvalue weighted by molar-refractivity contribution is -0.836. The van der Waals surface area contributed by atoms with Crippen LogP contribution >= 0.6 is 0 Å². The third-order valence-corrected chi connectivity index (χ3v) is 10.6. The molecule has 1 spiro atoms. The predicted molar refractivity (Wildman–Crippen MR) is 172 cm³/mol. The van der Waals surface area contributed by atoms with E-state index in [-0.39, 0.29) is 5.41 Å². The van der Waals surface area contributed by atoms with Crippen molar-refractivity contribution in [3.05, 3.63) is 140 Å². The quantitative estimate of drug-likeness (QED) is 0.282. The van der Waals surface area contributed by atoms with E-state index >= 15 is 0 Å². The van der Waals surface area contributed by atoms with Gasteiger partial charge in [-0.05, 0) is 88.1 Å². The van der Waals surface area contributed by atoms with Gasteiger partial charge in [-0.25, -0.2) is 0 Å². The highest BCUT2D eigenvalue weighted by Gasteiger charge is 2.73. The monoisotopic (exact) mass is 558 g/mol. The highest BCUT2D eigenvalue weighted by Crippen LogP contribution is 2.53. The SMILES string of the molecule is Cc1ccc(C2=C3C=CC4=[N+]3[C@@]35n6c(ccc62)C=C2[N+]3=C(C=c3ccc(n35)=C4c3c(C)cc(C)cc3C)CC2(C)C)cc1. The Morgan fingerprint density at radius 1 is 0.721 bits per heavy atom. The van der Waals surface area contributed by atoms with Crippen molar-refractivity contribution in [3.63, 3.8) is 0 Å². The topological polar surface area (TPSA) is 15.9 Å². The Morgan fingerprint density at radius 2 is 1.49 bits per heavy atom. The van der Waals surface area contributed by atoms with Gasteiger partial charge in [0.05, 0.1) is 38.6 Å². The largest absolute Gasteiger partial charge is 0.553 e. The maximum Gasteiger partial charge on any atom is 0.553 e. The zero-order valence-corrected chi connectivity index (χ0v) is 25.6. The lowest BCUT2D eigenvalue weighted by atomic mass is 9.85. The average Bonchev–Trinajstić information content (AvgIpc) is 3.73. The molecule has 208 valence electrons. The first kappa shape index (κ1) is 23.8. The van der Waals surface area contributed by atoms with Gasteiger partial charge in [-0.2, -0.15) is 9.13 Å². The summed E-state index contributed by atoms with van der Waals surface area (Å²) in [5, 5.41) is 2.56. The molecule has 1 atom stereocenters. The Labute approximate surface area is 251 Å². The molecular weight excluding hydrogens is 524 g/mol. The molecule has 2 aromatic carbocycles. The summed E-state index contributed by atoms with van der Waals surface area (Å²) in [6.45, 7) is 13.8. The Hall–Kier alpha value is -4.70. The molecule has 0 amide bonds. The van der Waals surface area contributed by atoms with Crippen molar-refractivity contribution >= 4 is 34.7 Å². The van der Waals surface area contributed by atoms with E-state index < -0.39 is 5.91 Å². The van der Waals surface area contributed by atoms with Crippen LogP contribution in [-0.2, 0) is 5.91 Å². The molecule has 43 heavy (non-hydrogen) atoms. The molecule has 0 fully saturated rings. The normalized spacial score (nSPS) is 22.7. The van der Waals surface area contributed by atoms with Crippen LogP contribution < -0.4 is 10.7 Å². The van der Waals surface area contributed by atoms with Crippen molar-refractivity contribution in [2.75, 3.05) is 0 Å². The average molecular weight is 559 g/mol. The van der Waals surface area contributed by atoms with Crippen molar-refractivity contribution in [2.24, 2.45) is 5.41 Å². The number of rotatable bonds is 2. The molecule has 10 rings (SSSR count). The predicted octanol–water partition coefficient (Wildman–Crippen LogP) is 5.68. The third-order valence-electron chi connectivity index (χ3n) is 10.6. The number of aryl methyl sites for hydroxylation is 4. The second-order valence-electron chi connectivity index (χ2n) is 13.9. The smallest absolute Gasteiger partial charge is 0.199 e. The molecule has 4 nitrogen and oxygen atoms in total. The van der Waals surface area contributed by atoms with Crippen molar-refractivity contribution < 1.29 is 9.15 Å². The molecule has 4 aromatic rings. The van der Waals surface area contributed by atoms with E-state index in [0.717, 1.165) is 6.42 Å². The molecule has 8 heterocycles. The maximum atomic E-state index is 2.69. The van der Waals surface area contributed by atoms with E-state index in [1.165, 1.54) is 89.4 Å². The number of hydrogen-bond donors (Lipinski definition) is 0. The number of benzene rings is 2. The number of nitrogens with zero attached hydrogens (tertiary/aromatic N) is 4. The van der Waals surface area contributed by atoms with Crippen LogP contribution in [0.4, 0.5) is 0 Å². The summed E-state index contributed by atoms with van der Waals surface area (Å²) >= 11 is 0. The van der Waals surface area contributed by atoms with E-state index in [9.17, 15) is 0 Å². The number of aromatic nitrogens is 2. The van der Waals surface area contributed by atoms with Crippen LogP contribution in [0.15, 0.2) is 84.2 Å². The van der Waals surface area contributed by atoms with Crippen LogP contribution in [0.3, 0.4) is 0 Å². The van der Waals surface area contributed by atoms with Crippen LogP contribution in [0.25, 0.3) is 23.3 Å². The summed E-state index contributed by atoms with van der Waals surface area (Å²) in [6.07, 6.45) is 10.7. The molecule has 0 N–H and O–H groups in total. The zero-order valence-electron chi connectivity index (χ0n) is 25.6. The molecule has 4 heteroatoms. The molecule has 0 unspecified atom stereocenters. The van der Waals surface area contributed by atoms with Gasteiger partial charge in [0, 0.05) is 30.7 Å². The minimum Gasteiger partial charge on any atom is -0.199 e. The van der Waals surface area contributed by atoms with Crippen molar-refractivity contribution in [2.45, 2.75) is 53.9 Å². The Morgan fingerprint density at radius 3 is 2.26 bits per heavy atom. The van der Waals surface area contributed by atoms with Crippen molar-refractivity contribution in [1.29, 1.82) is 0 Å². The lowest BCUT2D eigenvalue weighted by Crippen LogP contribution is -2.70. The Balaban J connectivity index is 1.45. The molecule has 0 saturated carbocycles. The fourth-order valence-corrected chi connectivity index (χ4v) is 9.17. The molecule has 0 radical (unpaired) electrons. The van der Waals surface area contributed by atoms with Gasteiger partial charge in [-0.3, -0.25) is 0 Å². The molecule has 0 saturated heterocycles. The van der Waals surface area contributed by atoms with Gasteiger partial charge in [0.15, 0.2) is 5.71 Å². The van der Waals surface area contributed by atoms with Crippen LogP contribution in [0, 0.1) is 33.1 Å². The van der Waals surface area contributed by atoms with Crippen LogP contribution in [0.5, 0.6) is 0 Å². The van der Waals surface area contributed by atoms with Crippen molar-refractivity contribution in [1.82, 2.24) is 9.13 Å². The number of allylic oxidation sites excluding steroid dienone is 3. The van der Waals surface area contributed by atoms with Crippen LogP contribution in [-0.4, -0.2) is 29.7 Å². The fourth-order valence-electron chi connectivity index (χ4n) is 9.17. The van der Waals surface area contributed by atoms with Crippen LogP contribution in [0.2, 0.25) is 0 Å². The Kier molecular flexibility index (Phi) is 4.02. The van der Waals surface area contributed by atoms with Gasteiger partial charge < -0.3 is 0 Å². The summed E-state index contributed by atoms with van der Waals surface area (Å²) in [5.41, 5.74) is 18.4. The molecule has 0 aliphatic carbocycles. The molecule has 2 aromatic heterocycles.